The lowest BCUT2D eigenvalue weighted by molar-refractivity contribution is 0.570. The number of fused-ring (bicyclic) bond motifs is 1. The molecule has 0 radical (unpaired) electrons. The van der Waals surface area contributed by atoms with E-state index in [0.29, 0.717) is 5.82 Å². The van der Waals surface area contributed by atoms with Gasteiger partial charge in [-0.15, -0.1) is 0 Å². The lowest BCUT2D eigenvalue weighted by Crippen LogP contribution is -2.40. The number of hydrogen-bond donors (Lipinski definition) is 1. The molecule has 0 amide bonds. The van der Waals surface area contributed by atoms with Crippen LogP contribution in [0.1, 0.15) is 41.4 Å². The van der Waals surface area contributed by atoms with Gasteiger partial charge in [0.25, 0.3) is 5.56 Å². The van der Waals surface area contributed by atoms with Gasteiger partial charge in [-0.3, -0.25) is 13.9 Å². The van der Waals surface area contributed by atoms with E-state index in [2.05, 4.69) is 22.9 Å². The number of nitriles is 1. The van der Waals surface area contributed by atoms with Crippen molar-refractivity contribution in [2.45, 2.75) is 32.2 Å². The molecule has 1 atom stereocenters. The maximum atomic E-state index is 12.2. The van der Waals surface area contributed by atoms with Crippen molar-refractivity contribution in [1.29, 1.82) is 5.26 Å². The molecule has 1 aliphatic carbocycles. The Kier molecular flexibility index (Phi) is 3.84. The largest absolute Gasteiger partial charge is 0.363 e. The summed E-state index contributed by atoms with van der Waals surface area (Å²) in [5.74, 6) is 0.296. The van der Waals surface area contributed by atoms with Crippen LogP contribution in [0.25, 0.3) is 0 Å². The van der Waals surface area contributed by atoms with Crippen molar-refractivity contribution in [3.63, 3.8) is 0 Å². The van der Waals surface area contributed by atoms with Crippen LogP contribution in [0.15, 0.2) is 15.7 Å². The summed E-state index contributed by atoms with van der Waals surface area (Å²) in [4.78, 5) is 24.4. The SMILES string of the molecule is Cc1cc2c(n1C)CCCC2Nc1c(C#N)c(=O)n(C)c(=O)n1C. The molecule has 2 aromatic heterocycles. The van der Waals surface area contributed by atoms with Gasteiger partial charge in [0.2, 0.25) is 0 Å². The molecule has 1 unspecified atom stereocenters. The molecule has 0 bridgehead atoms. The average Bonchev–Trinajstić information content (AvgIpc) is 2.87. The van der Waals surface area contributed by atoms with Crippen LogP contribution in [0, 0.1) is 18.3 Å². The lowest BCUT2D eigenvalue weighted by atomic mass is 9.92. The van der Waals surface area contributed by atoms with E-state index >= 15 is 0 Å². The molecule has 0 aliphatic heterocycles. The Morgan fingerprint density at radius 3 is 2.58 bits per heavy atom. The van der Waals surface area contributed by atoms with Crippen LogP contribution in [-0.4, -0.2) is 13.7 Å². The smallest absolute Gasteiger partial charge is 0.332 e. The number of hydrogen-bond acceptors (Lipinski definition) is 4. The van der Waals surface area contributed by atoms with Crippen molar-refractivity contribution in [3.8, 4) is 6.07 Å². The second-order valence-corrected chi connectivity index (χ2v) is 6.38. The van der Waals surface area contributed by atoms with Crippen molar-refractivity contribution in [1.82, 2.24) is 13.7 Å². The van der Waals surface area contributed by atoms with Gasteiger partial charge < -0.3 is 9.88 Å². The summed E-state index contributed by atoms with van der Waals surface area (Å²) in [6.07, 6.45) is 2.92. The zero-order chi connectivity index (χ0) is 17.6. The van der Waals surface area contributed by atoms with Gasteiger partial charge in [-0.25, -0.2) is 4.79 Å². The molecule has 0 saturated carbocycles. The molecule has 3 rings (SSSR count). The molecule has 126 valence electrons. The van der Waals surface area contributed by atoms with Crippen molar-refractivity contribution in [3.05, 3.63) is 49.4 Å². The quantitative estimate of drug-likeness (QED) is 0.895. The van der Waals surface area contributed by atoms with Crippen molar-refractivity contribution in [2.75, 3.05) is 5.32 Å². The molecule has 7 heteroatoms. The van der Waals surface area contributed by atoms with Gasteiger partial charge >= 0.3 is 5.69 Å². The molecule has 0 spiro atoms. The van der Waals surface area contributed by atoms with Gasteiger partial charge in [0.05, 0.1) is 6.04 Å². The van der Waals surface area contributed by atoms with Crippen molar-refractivity contribution >= 4 is 5.82 Å². The second kappa shape index (κ2) is 5.71. The van der Waals surface area contributed by atoms with E-state index in [1.807, 2.05) is 13.1 Å². The zero-order valence-electron chi connectivity index (χ0n) is 14.4. The highest BCUT2D eigenvalue weighted by Crippen LogP contribution is 2.34. The fraction of sp³-hybridized carbons (Fsp3) is 0.471. The fourth-order valence-electron chi connectivity index (χ4n) is 3.48. The van der Waals surface area contributed by atoms with Crippen molar-refractivity contribution < 1.29 is 0 Å². The lowest BCUT2D eigenvalue weighted by Gasteiger charge is -2.26. The highest BCUT2D eigenvalue weighted by atomic mass is 16.2. The highest BCUT2D eigenvalue weighted by Gasteiger charge is 2.26. The van der Waals surface area contributed by atoms with Crippen LogP contribution in [0.4, 0.5) is 5.82 Å². The Bertz CT molecular complexity index is 971. The summed E-state index contributed by atoms with van der Waals surface area (Å²) in [6, 6.07) is 4.06. The molecule has 0 aromatic carbocycles. The van der Waals surface area contributed by atoms with E-state index in [4.69, 9.17) is 0 Å². The van der Waals surface area contributed by atoms with Gasteiger partial charge in [-0.1, -0.05) is 0 Å². The van der Waals surface area contributed by atoms with Crippen LogP contribution in [0.3, 0.4) is 0 Å². The molecule has 1 N–H and O–H groups in total. The normalized spacial score (nSPS) is 16.5. The van der Waals surface area contributed by atoms with E-state index in [-0.39, 0.29) is 11.6 Å². The molecule has 2 heterocycles. The minimum Gasteiger partial charge on any atom is -0.363 e. The number of rotatable bonds is 2. The summed E-state index contributed by atoms with van der Waals surface area (Å²) in [5, 5.41) is 12.7. The summed E-state index contributed by atoms with van der Waals surface area (Å²) in [6.45, 7) is 2.06. The van der Waals surface area contributed by atoms with E-state index in [1.165, 1.54) is 28.6 Å². The van der Waals surface area contributed by atoms with Crippen LogP contribution in [0.5, 0.6) is 0 Å². The van der Waals surface area contributed by atoms with E-state index in [1.54, 1.807) is 7.05 Å². The first-order valence-corrected chi connectivity index (χ1v) is 7.98. The average molecular weight is 327 g/mol. The number of aryl methyl sites for hydroxylation is 1. The Morgan fingerprint density at radius 1 is 1.21 bits per heavy atom. The van der Waals surface area contributed by atoms with E-state index in [9.17, 15) is 14.9 Å². The van der Waals surface area contributed by atoms with Gasteiger partial charge in [-0.05, 0) is 37.8 Å². The first-order valence-electron chi connectivity index (χ1n) is 7.98. The summed E-state index contributed by atoms with van der Waals surface area (Å²) in [5.41, 5.74) is 2.58. The van der Waals surface area contributed by atoms with Crippen LogP contribution in [-0.2, 0) is 27.6 Å². The maximum absolute atomic E-state index is 12.2. The molecule has 24 heavy (non-hydrogen) atoms. The Morgan fingerprint density at radius 2 is 1.92 bits per heavy atom. The first-order chi connectivity index (χ1) is 11.4. The number of aromatic nitrogens is 3. The van der Waals surface area contributed by atoms with E-state index in [0.717, 1.165) is 23.8 Å². The molecule has 7 nitrogen and oxygen atoms in total. The van der Waals surface area contributed by atoms with E-state index < -0.39 is 11.2 Å². The predicted molar refractivity (Wildman–Crippen MR) is 91.1 cm³/mol. The third-order valence-corrected chi connectivity index (χ3v) is 5.00. The topological polar surface area (TPSA) is 84.8 Å². The molecular formula is C17H21N5O2. The van der Waals surface area contributed by atoms with Crippen LogP contribution < -0.4 is 16.6 Å². The van der Waals surface area contributed by atoms with Gasteiger partial charge in [-0.2, -0.15) is 5.26 Å². The minimum atomic E-state index is -0.566. The number of anilines is 1. The zero-order valence-corrected chi connectivity index (χ0v) is 14.4. The summed E-state index contributed by atoms with van der Waals surface area (Å²) in [7, 11) is 5.00. The highest BCUT2D eigenvalue weighted by molar-refractivity contribution is 5.53. The fourth-order valence-corrected chi connectivity index (χ4v) is 3.48. The predicted octanol–water partition coefficient (Wildman–Crippen LogP) is 1.09. The third-order valence-electron chi connectivity index (χ3n) is 5.00. The minimum absolute atomic E-state index is 0.0153. The van der Waals surface area contributed by atoms with Crippen LogP contribution >= 0.6 is 0 Å². The standard InChI is InChI=1S/C17H21N5O2/c1-10-8-11-13(6-5-7-14(11)20(10)2)19-15-12(9-18)16(23)22(4)17(24)21(15)3/h8,13,19H,5-7H2,1-4H3. The maximum Gasteiger partial charge on any atom is 0.332 e. The Balaban J connectivity index is 2.12. The van der Waals surface area contributed by atoms with Crippen molar-refractivity contribution in [2.24, 2.45) is 21.1 Å². The monoisotopic (exact) mass is 327 g/mol. The van der Waals surface area contributed by atoms with Gasteiger partial charge in [0.1, 0.15) is 11.9 Å². The van der Waals surface area contributed by atoms with Crippen LogP contribution in [0.2, 0.25) is 0 Å². The molecular weight excluding hydrogens is 306 g/mol. The number of nitrogens with zero attached hydrogens (tertiary/aromatic N) is 4. The van der Waals surface area contributed by atoms with Gasteiger partial charge in [0.15, 0.2) is 5.56 Å². The molecule has 1 aliphatic rings. The Labute approximate surface area is 139 Å². The Hall–Kier alpha value is -2.75. The number of nitrogens with one attached hydrogen (secondary N) is 1. The molecule has 0 saturated heterocycles. The molecule has 2 aromatic rings. The van der Waals surface area contributed by atoms with Gasteiger partial charge in [0, 0.05) is 32.5 Å². The summed E-state index contributed by atoms with van der Waals surface area (Å²) >= 11 is 0. The summed E-state index contributed by atoms with van der Waals surface area (Å²) < 4.78 is 4.48. The third kappa shape index (κ3) is 2.26. The molecule has 0 fully saturated rings. The first kappa shape index (κ1) is 16.1. The second-order valence-electron chi connectivity index (χ2n) is 6.38.